The summed E-state index contributed by atoms with van der Waals surface area (Å²) in [6.07, 6.45) is 0.916. The molecule has 7 heteroatoms. The van der Waals surface area contributed by atoms with E-state index in [1.807, 2.05) is 41.5 Å². The Balaban J connectivity index is 2.79. The van der Waals surface area contributed by atoms with Crippen LogP contribution in [0.4, 0.5) is 9.59 Å². The Bertz CT molecular complexity index is 457. The van der Waals surface area contributed by atoms with Crippen LogP contribution in [0.25, 0.3) is 0 Å². The smallest absolute Gasteiger partial charge is 0.412 e. The number of urea groups is 1. The molecule has 3 amide bonds. The fraction of sp³-hybridized carbons (Fsp3) is 0.750. The van der Waals surface area contributed by atoms with Gasteiger partial charge in [0.2, 0.25) is 0 Å². The van der Waals surface area contributed by atoms with Crippen LogP contribution in [0.5, 0.6) is 0 Å². The molecule has 132 valence electrons. The molecule has 2 atom stereocenters. The van der Waals surface area contributed by atoms with E-state index in [1.165, 1.54) is 0 Å². The number of hydrogen-bond acceptors (Lipinski definition) is 4. The Kier molecular flexibility index (Phi) is 6.04. The summed E-state index contributed by atoms with van der Waals surface area (Å²) in [5.41, 5.74) is -1.40. The highest BCUT2D eigenvalue weighted by Crippen LogP contribution is 2.33. The highest BCUT2D eigenvalue weighted by Gasteiger charge is 2.49. The first kappa shape index (κ1) is 19.3. The second kappa shape index (κ2) is 7.21. The van der Waals surface area contributed by atoms with Crippen molar-refractivity contribution in [2.45, 2.75) is 65.0 Å². The summed E-state index contributed by atoms with van der Waals surface area (Å²) in [5.74, 6) is 0. The molecule has 2 N–H and O–H groups in total. The van der Waals surface area contributed by atoms with Gasteiger partial charge in [0, 0.05) is 13.1 Å². The van der Waals surface area contributed by atoms with Crippen LogP contribution in [-0.4, -0.2) is 53.6 Å². The van der Waals surface area contributed by atoms with Gasteiger partial charge in [0.1, 0.15) is 11.3 Å². The number of nitrogens with zero attached hydrogens (tertiary/aromatic N) is 1. The summed E-state index contributed by atoms with van der Waals surface area (Å²) in [4.78, 5) is 25.8. The second-order valence-electron chi connectivity index (χ2n) is 7.07. The summed E-state index contributed by atoms with van der Waals surface area (Å²) in [6, 6.07) is -0.625. The number of ether oxygens (including phenoxy) is 2. The van der Waals surface area contributed by atoms with E-state index in [4.69, 9.17) is 9.47 Å². The highest BCUT2D eigenvalue weighted by molar-refractivity contribution is 5.74. The number of amides is 3. The van der Waals surface area contributed by atoms with Crippen molar-refractivity contribution < 1.29 is 19.1 Å². The number of carbonyl (C=O) groups is 2. The predicted molar refractivity (Wildman–Crippen MR) is 88.1 cm³/mol. The molecule has 7 nitrogen and oxygen atoms in total. The first-order chi connectivity index (χ1) is 10.5. The molecular weight excluding hydrogens is 298 g/mol. The van der Waals surface area contributed by atoms with Crippen LogP contribution in [0.15, 0.2) is 12.7 Å². The van der Waals surface area contributed by atoms with Crippen molar-refractivity contribution in [2.75, 3.05) is 13.1 Å². The third kappa shape index (κ3) is 5.42. The van der Waals surface area contributed by atoms with Gasteiger partial charge < -0.3 is 20.1 Å². The van der Waals surface area contributed by atoms with Gasteiger partial charge >= 0.3 is 12.1 Å². The van der Waals surface area contributed by atoms with Crippen molar-refractivity contribution in [2.24, 2.45) is 0 Å². The Hall–Kier alpha value is -1.76. The largest absolute Gasteiger partial charge is 0.444 e. The molecule has 0 unspecified atom stereocenters. The average molecular weight is 327 g/mol. The second-order valence-corrected chi connectivity index (χ2v) is 7.07. The lowest BCUT2D eigenvalue weighted by Gasteiger charge is -2.35. The third-order valence-corrected chi connectivity index (χ3v) is 3.40. The normalized spacial score (nSPS) is 23.3. The van der Waals surface area contributed by atoms with Crippen LogP contribution in [0, 0.1) is 0 Å². The van der Waals surface area contributed by atoms with Gasteiger partial charge in [0.25, 0.3) is 0 Å². The maximum absolute atomic E-state index is 12.5. The molecule has 0 radical (unpaired) electrons. The molecule has 0 aromatic heterocycles. The van der Waals surface area contributed by atoms with Crippen molar-refractivity contribution in [1.29, 1.82) is 0 Å². The van der Waals surface area contributed by atoms with Crippen molar-refractivity contribution in [3.05, 3.63) is 12.7 Å². The van der Waals surface area contributed by atoms with Gasteiger partial charge in [0.15, 0.2) is 0 Å². The van der Waals surface area contributed by atoms with Crippen molar-refractivity contribution in [3.8, 4) is 0 Å². The predicted octanol–water partition coefficient (Wildman–Crippen LogP) is 2.23. The summed E-state index contributed by atoms with van der Waals surface area (Å²) in [5, 5.41) is 5.38. The van der Waals surface area contributed by atoms with Gasteiger partial charge in [-0.2, -0.15) is 0 Å². The number of hydrogen-bond donors (Lipinski definition) is 2. The lowest BCUT2D eigenvalue weighted by Crippen LogP contribution is -2.54. The zero-order chi connectivity index (χ0) is 17.8. The molecule has 0 aromatic rings. The first-order valence-corrected chi connectivity index (χ1v) is 7.80. The summed E-state index contributed by atoms with van der Waals surface area (Å²) < 4.78 is 11.3. The quantitative estimate of drug-likeness (QED) is 0.776. The lowest BCUT2D eigenvalue weighted by molar-refractivity contribution is -0.0756. The minimum atomic E-state index is -0.800. The summed E-state index contributed by atoms with van der Waals surface area (Å²) >= 11 is 0. The standard InChI is InChI=1S/C16H29N3O4/c1-8-9-17-13(20)18-10-12-11(2)22-16(6,7)19(12)14(21)23-15(3,4)5/h8,11-12H,1,9-10H2,2-7H3,(H2,17,18,20)/t11-,12+/m0/s1. The zero-order valence-electron chi connectivity index (χ0n) is 14.9. The molecule has 1 saturated heterocycles. The molecule has 0 aliphatic carbocycles. The van der Waals surface area contributed by atoms with Gasteiger partial charge in [-0.05, 0) is 41.5 Å². The number of rotatable bonds is 4. The van der Waals surface area contributed by atoms with E-state index in [0.717, 1.165) is 0 Å². The van der Waals surface area contributed by atoms with E-state index in [9.17, 15) is 9.59 Å². The minimum Gasteiger partial charge on any atom is -0.444 e. The molecule has 1 rings (SSSR count). The minimum absolute atomic E-state index is 0.225. The fourth-order valence-electron chi connectivity index (χ4n) is 2.55. The summed E-state index contributed by atoms with van der Waals surface area (Å²) in [6.45, 7) is 15.1. The molecule has 1 aliphatic rings. The van der Waals surface area contributed by atoms with Crippen molar-refractivity contribution >= 4 is 12.1 Å². The van der Waals surface area contributed by atoms with Crippen LogP contribution in [-0.2, 0) is 9.47 Å². The molecule has 0 spiro atoms. The average Bonchev–Trinajstić information content (AvgIpc) is 2.60. The van der Waals surface area contributed by atoms with E-state index in [-0.39, 0.29) is 24.7 Å². The van der Waals surface area contributed by atoms with Crippen LogP contribution >= 0.6 is 0 Å². The van der Waals surface area contributed by atoms with E-state index in [2.05, 4.69) is 17.2 Å². The highest BCUT2D eigenvalue weighted by atomic mass is 16.6. The van der Waals surface area contributed by atoms with E-state index >= 15 is 0 Å². The van der Waals surface area contributed by atoms with Crippen molar-refractivity contribution in [1.82, 2.24) is 15.5 Å². The molecule has 0 saturated carbocycles. The molecule has 23 heavy (non-hydrogen) atoms. The topological polar surface area (TPSA) is 79.9 Å². The molecule has 0 aromatic carbocycles. The maximum atomic E-state index is 12.5. The molecular formula is C16H29N3O4. The zero-order valence-corrected chi connectivity index (χ0v) is 14.9. The van der Waals surface area contributed by atoms with Gasteiger partial charge in [-0.25, -0.2) is 9.59 Å². The first-order valence-electron chi connectivity index (χ1n) is 7.80. The third-order valence-electron chi connectivity index (χ3n) is 3.40. The van der Waals surface area contributed by atoms with E-state index < -0.39 is 17.4 Å². The molecule has 1 fully saturated rings. The number of nitrogens with one attached hydrogen (secondary N) is 2. The fourth-order valence-corrected chi connectivity index (χ4v) is 2.55. The molecule has 1 aliphatic heterocycles. The van der Waals surface area contributed by atoms with Gasteiger partial charge in [-0.15, -0.1) is 6.58 Å². The van der Waals surface area contributed by atoms with E-state index in [1.54, 1.807) is 11.0 Å². The Morgan fingerprint density at radius 2 is 1.96 bits per heavy atom. The summed E-state index contributed by atoms with van der Waals surface area (Å²) in [7, 11) is 0. The lowest BCUT2D eigenvalue weighted by atomic mass is 10.1. The maximum Gasteiger partial charge on any atom is 0.412 e. The number of carbonyl (C=O) groups excluding carboxylic acids is 2. The van der Waals surface area contributed by atoms with Gasteiger partial charge in [-0.3, -0.25) is 4.90 Å². The Labute approximate surface area is 138 Å². The molecule has 0 bridgehead atoms. The van der Waals surface area contributed by atoms with Crippen molar-refractivity contribution in [3.63, 3.8) is 0 Å². The van der Waals surface area contributed by atoms with E-state index in [0.29, 0.717) is 6.54 Å². The van der Waals surface area contributed by atoms with Gasteiger partial charge in [-0.1, -0.05) is 6.08 Å². The monoisotopic (exact) mass is 327 g/mol. The van der Waals surface area contributed by atoms with Crippen LogP contribution in [0.1, 0.15) is 41.5 Å². The Morgan fingerprint density at radius 1 is 1.35 bits per heavy atom. The van der Waals surface area contributed by atoms with Crippen LogP contribution in [0.2, 0.25) is 0 Å². The SMILES string of the molecule is C=CCNC(=O)NC[C@@H]1[C@H](C)OC(C)(C)N1C(=O)OC(C)(C)C. The molecule has 1 heterocycles. The van der Waals surface area contributed by atoms with Gasteiger partial charge in [0.05, 0.1) is 12.1 Å². The van der Waals surface area contributed by atoms with Crippen LogP contribution < -0.4 is 10.6 Å². The van der Waals surface area contributed by atoms with Crippen LogP contribution in [0.3, 0.4) is 0 Å². The Morgan fingerprint density at radius 3 is 2.48 bits per heavy atom.